The van der Waals surface area contributed by atoms with Crippen LogP contribution >= 0.6 is 11.8 Å². The smallest absolute Gasteiger partial charge is 0.314 e. The number of thioether (sulfide) groups is 1. The van der Waals surface area contributed by atoms with Gasteiger partial charge in [-0.05, 0) is 6.42 Å². The van der Waals surface area contributed by atoms with Crippen LogP contribution in [0.15, 0.2) is 9.64 Å². The van der Waals surface area contributed by atoms with Crippen molar-refractivity contribution in [1.29, 1.82) is 0 Å². The first-order valence-electron chi connectivity index (χ1n) is 4.47. The standard InChI is InChI=1S/C8H12N2O4S/c1-2-3-13-4-6-9-10-8(14-6)15-5-7(11)12/h2-5H2,1H3,(H,11,12). The van der Waals surface area contributed by atoms with E-state index >= 15 is 0 Å². The zero-order valence-corrected chi connectivity index (χ0v) is 9.12. The van der Waals surface area contributed by atoms with Gasteiger partial charge in [-0.3, -0.25) is 4.79 Å². The molecule has 0 saturated heterocycles. The molecule has 0 aliphatic heterocycles. The van der Waals surface area contributed by atoms with Gasteiger partial charge >= 0.3 is 5.97 Å². The number of hydrogen-bond acceptors (Lipinski definition) is 6. The lowest BCUT2D eigenvalue weighted by molar-refractivity contribution is -0.133. The number of carboxylic acids is 1. The SMILES string of the molecule is CCCOCc1nnc(SCC(=O)O)o1. The van der Waals surface area contributed by atoms with Gasteiger partial charge in [0.2, 0.25) is 5.89 Å². The molecule has 0 aliphatic rings. The Kier molecular flexibility index (Phi) is 5.13. The molecular weight excluding hydrogens is 220 g/mol. The highest BCUT2D eigenvalue weighted by Gasteiger charge is 2.08. The Labute approximate surface area is 91.0 Å². The molecule has 0 saturated carbocycles. The number of hydrogen-bond donors (Lipinski definition) is 1. The maximum Gasteiger partial charge on any atom is 0.314 e. The lowest BCUT2D eigenvalue weighted by Crippen LogP contribution is -1.97. The first-order valence-corrected chi connectivity index (χ1v) is 5.45. The van der Waals surface area contributed by atoms with Crippen LogP contribution in [0.2, 0.25) is 0 Å². The molecule has 1 rings (SSSR count). The summed E-state index contributed by atoms with van der Waals surface area (Å²) in [7, 11) is 0. The Hall–Kier alpha value is -1.08. The van der Waals surface area contributed by atoms with Gasteiger partial charge in [0, 0.05) is 6.61 Å². The third-order valence-electron chi connectivity index (χ3n) is 1.34. The number of rotatable bonds is 7. The molecule has 0 fully saturated rings. The minimum Gasteiger partial charge on any atom is -0.481 e. The molecule has 1 N–H and O–H groups in total. The monoisotopic (exact) mass is 232 g/mol. The average molecular weight is 232 g/mol. The van der Waals surface area contributed by atoms with Gasteiger partial charge in [-0.2, -0.15) is 0 Å². The maximum absolute atomic E-state index is 10.3. The van der Waals surface area contributed by atoms with Crippen molar-refractivity contribution in [1.82, 2.24) is 10.2 Å². The van der Waals surface area contributed by atoms with Gasteiger partial charge in [0.25, 0.3) is 5.22 Å². The molecule has 0 spiro atoms. The fraction of sp³-hybridized carbons (Fsp3) is 0.625. The molecule has 0 atom stereocenters. The molecule has 6 nitrogen and oxygen atoms in total. The summed E-state index contributed by atoms with van der Waals surface area (Å²) < 4.78 is 10.3. The van der Waals surface area contributed by atoms with E-state index in [0.717, 1.165) is 18.2 Å². The highest BCUT2D eigenvalue weighted by molar-refractivity contribution is 7.99. The fourth-order valence-corrected chi connectivity index (χ4v) is 1.28. The highest BCUT2D eigenvalue weighted by atomic mass is 32.2. The molecule has 0 radical (unpaired) electrons. The summed E-state index contributed by atoms with van der Waals surface area (Å²) in [4.78, 5) is 10.3. The Morgan fingerprint density at radius 2 is 2.40 bits per heavy atom. The quantitative estimate of drug-likeness (QED) is 0.557. The van der Waals surface area contributed by atoms with E-state index in [2.05, 4.69) is 10.2 Å². The van der Waals surface area contributed by atoms with Crippen molar-refractivity contribution in [3.8, 4) is 0 Å². The number of carboxylic acid groups (broad SMARTS) is 1. The first kappa shape index (κ1) is 12.0. The van der Waals surface area contributed by atoms with Crippen molar-refractivity contribution in [3.63, 3.8) is 0 Å². The van der Waals surface area contributed by atoms with E-state index in [9.17, 15) is 4.79 Å². The molecule has 15 heavy (non-hydrogen) atoms. The lowest BCUT2D eigenvalue weighted by Gasteiger charge is -1.95. The summed E-state index contributed by atoms with van der Waals surface area (Å²) in [6.45, 7) is 2.91. The zero-order valence-electron chi connectivity index (χ0n) is 8.30. The third-order valence-corrected chi connectivity index (χ3v) is 2.14. The number of carbonyl (C=O) groups is 1. The van der Waals surface area contributed by atoms with Crippen LogP contribution < -0.4 is 0 Å². The molecule has 0 aromatic carbocycles. The highest BCUT2D eigenvalue weighted by Crippen LogP contribution is 2.15. The van der Waals surface area contributed by atoms with Gasteiger partial charge in [-0.15, -0.1) is 10.2 Å². The maximum atomic E-state index is 10.3. The van der Waals surface area contributed by atoms with Gasteiger partial charge in [-0.1, -0.05) is 18.7 Å². The summed E-state index contributed by atoms with van der Waals surface area (Å²) in [5.41, 5.74) is 0. The van der Waals surface area contributed by atoms with Gasteiger partial charge in [-0.25, -0.2) is 0 Å². The summed E-state index contributed by atoms with van der Waals surface area (Å²) in [5.74, 6) is -0.629. The minimum absolute atomic E-state index is 0.0859. The molecule has 0 aliphatic carbocycles. The number of ether oxygens (including phenoxy) is 1. The summed E-state index contributed by atoms with van der Waals surface area (Å²) in [5, 5.41) is 16.1. The van der Waals surface area contributed by atoms with Crippen LogP contribution in [0.4, 0.5) is 0 Å². The van der Waals surface area contributed by atoms with E-state index in [4.69, 9.17) is 14.3 Å². The van der Waals surface area contributed by atoms with Crippen molar-refractivity contribution >= 4 is 17.7 Å². The van der Waals surface area contributed by atoms with Gasteiger partial charge < -0.3 is 14.3 Å². The molecule has 1 aromatic heterocycles. The van der Waals surface area contributed by atoms with Crippen molar-refractivity contribution < 1.29 is 19.1 Å². The molecule has 1 heterocycles. The van der Waals surface area contributed by atoms with Crippen molar-refractivity contribution in [2.45, 2.75) is 25.2 Å². The second kappa shape index (κ2) is 6.41. The van der Waals surface area contributed by atoms with E-state index in [-0.39, 0.29) is 17.6 Å². The Balaban J connectivity index is 2.32. The molecular formula is C8H12N2O4S. The Bertz CT molecular complexity index is 315. The normalized spacial score (nSPS) is 10.5. The molecule has 0 unspecified atom stereocenters. The van der Waals surface area contributed by atoms with Gasteiger partial charge in [0.05, 0.1) is 0 Å². The van der Waals surface area contributed by atoms with E-state index in [0.29, 0.717) is 12.5 Å². The molecule has 84 valence electrons. The minimum atomic E-state index is -0.915. The molecule has 1 aromatic rings. The molecule has 7 heteroatoms. The molecule has 0 bridgehead atoms. The topological polar surface area (TPSA) is 85.5 Å². The van der Waals surface area contributed by atoms with Crippen molar-refractivity contribution in [2.24, 2.45) is 0 Å². The summed E-state index contributed by atoms with van der Waals surface area (Å²) >= 11 is 0.993. The number of aliphatic carboxylic acids is 1. The second-order valence-electron chi connectivity index (χ2n) is 2.70. The number of aromatic nitrogens is 2. The van der Waals surface area contributed by atoms with E-state index in [1.165, 1.54) is 0 Å². The lowest BCUT2D eigenvalue weighted by atomic mass is 10.5. The van der Waals surface area contributed by atoms with E-state index in [1.807, 2.05) is 6.92 Å². The first-order chi connectivity index (χ1) is 7.22. The Morgan fingerprint density at radius 3 is 3.07 bits per heavy atom. The summed E-state index contributed by atoms with van der Waals surface area (Å²) in [6, 6.07) is 0. The van der Waals surface area contributed by atoms with E-state index < -0.39 is 5.97 Å². The fourth-order valence-electron chi connectivity index (χ4n) is 0.782. The van der Waals surface area contributed by atoms with Crippen LogP contribution in [0, 0.1) is 0 Å². The number of nitrogens with zero attached hydrogens (tertiary/aromatic N) is 2. The predicted molar refractivity (Wildman–Crippen MR) is 52.6 cm³/mol. The van der Waals surface area contributed by atoms with Gasteiger partial charge in [0.15, 0.2) is 0 Å². The van der Waals surface area contributed by atoms with Crippen LogP contribution in [0.25, 0.3) is 0 Å². The van der Waals surface area contributed by atoms with Crippen molar-refractivity contribution in [2.75, 3.05) is 12.4 Å². The summed E-state index contributed by atoms with van der Waals surface area (Å²) in [6.07, 6.45) is 0.925. The molecule has 0 amide bonds. The van der Waals surface area contributed by atoms with Crippen molar-refractivity contribution in [3.05, 3.63) is 5.89 Å². The van der Waals surface area contributed by atoms with Crippen LogP contribution in [-0.2, 0) is 16.1 Å². The van der Waals surface area contributed by atoms with Crippen LogP contribution in [0.1, 0.15) is 19.2 Å². The zero-order chi connectivity index (χ0) is 11.1. The average Bonchev–Trinajstić information content (AvgIpc) is 2.63. The largest absolute Gasteiger partial charge is 0.481 e. The Morgan fingerprint density at radius 1 is 1.60 bits per heavy atom. The van der Waals surface area contributed by atoms with Gasteiger partial charge in [0.1, 0.15) is 12.4 Å². The van der Waals surface area contributed by atoms with Crippen LogP contribution in [0.3, 0.4) is 0 Å². The van der Waals surface area contributed by atoms with E-state index in [1.54, 1.807) is 0 Å². The predicted octanol–water partition coefficient (Wildman–Crippen LogP) is 1.17. The van der Waals surface area contributed by atoms with Crippen LogP contribution in [-0.4, -0.2) is 33.6 Å². The second-order valence-corrected chi connectivity index (χ2v) is 3.62. The van der Waals surface area contributed by atoms with Crippen LogP contribution in [0.5, 0.6) is 0 Å². The third kappa shape index (κ3) is 4.80.